The molecule has 0 saturated carbocycles. The van der Waals surface area contributed by atoms with Crippen LogP contribution in [-0.4, -0.2) is 24.4 Å². The van der Waals surface area contributed by atoms with Crippen LogP contribution in [0.15, 0.2) is 18.5 Å². The standard InChI is InChI=1S/C11H17F3N2O/c1-3-10(15-2)9-4-5-16(6-9)8-17-7-11(12,13)14/h4-6,10,15H,3,7-8H2,1-2H3. The van der Waals surface area contributed by atoms with Crippen molar-refractivity contribution in [3.8, 4) is 0 Å². The molecule has 0 aliphatic heterocycles. The maximum atomic E-state index is 11.9. The Kier molecular flexibility index (Phi) is 5.02. The molecule has 0 aliphatic rings. The number of rotatable bonds is 6. The van der Waals surface area contributed by atoms with Crippen LogP contribution < -0.4 is 5.32 Å². The lowest BCUT2D eigenvalue weighted by molar-refractivity contribution is -0.181. The maximum absolute atomic E-state index is 11.9. The maximum Gasteiger partial charge on any atom is 0.411 e. The van der Waals surface area contributed by atoms with Gasteiger partial charge in [-0.15, -0.1) is 0 Å². The zero-order chi connectivity index (χ0) is 12.9. The smallest absolute Gasteiger partial charge is 0.351 e. The molecular weight excluding hydrogens is 233 g/mol. The summed E-state index contributed by atoms with van der Waals surface area (Å²) in [5.41, 5.74) is 1.05. The number of hydrogen-bond acceptors (Lipinski definition) is 2. The zero-order valence-electron chi connectivity index (χ0n) is 9.92. The Bertz CT molecular complexity index is 332. The molecule has 0 spiro atoms. The van der Waals surface area contributed by atoms with Crippen LogP contribution in [0, 0.1) is 0 Å². The summed E-state index contributed by atoms with van der Waals surface area (Å²) < 4.78 is 41.7. The molecule has 0 bridgehead atoms. The Morgan fingerprint density at radius 1 is 1.47 bits per heavy atom. The van der Waals surface area contributed by atoms with Crippen molar-refractivity contribution in [3.63, 3.8) is 0 Å². The molecule has 1 aromatic heterocycles. The van der Waals surface area contributed by atoms with Crippen molar-refractivity contribution in [2.75, 3.05) is 13.7 Å². The minimum atomic E-state index is -4.27. The molecule has 6 heteroatoms. The Morgan fingerprint density at radius 2 is 2.18 bits per heavy atom. The quantitative estimate of drug-likeness (QED) is 0.840. The van der Waals surface area contributed by atoms with Crippen molar-refractivity contribution < 1.29 is 17.9 Å². The first-order chi connectivity index (χ1) is 7.96. The molecule has 98 valence electrons. The Morgan fingerprint density at radius 3 is 2.71 bits per heavy atom. The molecule has 1 heterocycles. The number of alkyl halides is 3. The normalized spacial score (nSPS) is 13.9. The van der Waals surface area contributed by atoms with E-state index in [4.69, 9.17) is 0 Å². The van der Waals surface area contributed by atoms with Gasteiger partial charge in [0.15, 0.2) is 0 Å². The van der Waals surface area contributed by atoms with Crippen LogP contribution in [0.2, 0.25) is 0 Å². The zero-order valence-corrected chi connectivity index (χ0v) is 9.92. The van der Waals surface area contributed by atoms with E-state index in [0.29, 0.717) is 0 Å². The molecule has 0 radical (unpaired) electrons. The molecule has 0 saturated heterocycles. The van der Waals surface area contributed by atoms with Gasteiger partial charge in [0.2, 0.25) is 0 Å². The summed E-state index contributed by atoms with van der Waals surface area (Å²) in [6.45, 7) is 0.738. The lowest BCUT2D eigenvalue weighted by Crippen LogP contribution is -2.18. The van der Waals surface area contributed by atoms with Crippen LogP contribution in [-0.2, 0) is 11.5 Å². The minimum absolute atomic E-state index is 0.0837. The van der Waals surface area contributed by atoms with Gasteiger partial charge in [0, 0.05) is 18.4 Å². The molecule has 1 rings (SSSR count). The van der Waals surface area contributed by atoms with E-state index in [9.17, 15) is 13.2 Å². The van der Waals surface area contributed by atoms with Crippen LogP contribution in [0.1, 0.15) is 24.9 Å². The highest BCUT2D eigenvalue weighted by Crippen LogP contribution is 2.17. The minimum Gasteiger partial charge on any atom is -0.351 e. The topological polar surface area (TPSA) is 26.2 Å². The van der Waals surface area contributed by atoms with Gasteiger partial charge in [-0.25, -0.2) is 0 Å². The summed E-state index contributed by atoms with van der Waals surface area (Å²) >= 11 is 0. The molecule has 17 heavy (non-hydrogen) atoms. The van der Waals surface area contributed by atoms with E-state index in [2.05, 4.69) is 10.1 Å². The van der Waals surface area contributed by atoms with Crippen molar-refractivity contribution in [1.29, 1.82) is 0 Å². The van der Waals surface area contributed by atoms with Crippen LogP contribution >= 0.6 is 0 Å². The monoisotopic (exact) mass is 250 g/mol. The van der Waals surface area contributed by atoms with Crippen LogP contribution in [0.25, 0.3) is 0 Å². The van der Waals surface area contributed by atoms with Gasteiger partial charge >= 0.3 is 6.18 Å². The van der Waals surface area contributed by atoms with E-state index >= 15 is 0 Å². The van der Waals surface area contributed by atoms with Gasteiger partial charge in [-0.3, -0.25) is 0 Å². The molecule has 0 fully saturated rings. The van der Waals surface area contributed by atoms with Crippen molar-refractivity contribution in [2.45, 2.75) is 32.3 Å². The number of aromatic nitrogens is 1. The van der Waals surface area contributed by atoms with E-state index in [1.807, 2.05) is 20.0 Å². The van der Waals surface area contributed by atoms with E-state index in [1.165, 1.54) is 0 Å². The molecule has 0 aliphatic carbocycles. The predicted octanol–water partition coefficient (Wildman–Crippen LogP) is 2.70. The summed E-state index contributed by atoms with van der Waals surface area (Å²) in [6, 6.07) is 2.10. The van der Waals surface area contributed by atoms with E-state index in [1.54, 1.807) is 17.0 Å². The first-order valence-electron chi connectivity index (χ1n) is 5.43. The summed E-state index contributed by atoms with van der Waals surface area (Å²) in [5, 5.41) is 3.13. The number of halogens is 3. The fraction of sp³-hybridized carbons (Fsp3) is 0.636. The van der Waals surface area contributed by atoms with Crippen LogP contribution in [0.3, 0.4) is 0 Å². The molecule has 1 N–H and O–H groups in total. The molecule has 1 unspecified atom stereocenters. The van der Waals surface area contributed by atoms with Crippen molar-refractivity contribution >= 4 is 0 Å². The number of hydrogen-bond donors (Lipinski definition) is 1. The molecule has 0 aromatic carbocycles. The number of nitrogens with zero attached hydrogens (tertiary/aromatic N) is 1. The molecule has 0 amide bonds. The van der Waals surface area contributed by atoms with Gasteiger partial charge in [-0.2, -0.15) is 13.2 Å². The SMILES string of the molecule is CCC(NC)c1ccn(COCC(F)(F)F)c1. The highest BCUT2D eigenvalue weighted by atomic mass is 19.4. The van der Waals surface area contributed by atoms with E-state index < -0.39 is 12.8 Å². The molecule has 1 atom stereocenters. The third-order valence-corrected chi connectivity index (χ3v) is 2.44. The summed E-state index contributed by atoms with van der Waals surface area (Å²) in [5.74, 6) is 0. The second-order valence-electron chi connectivity index (χ2n) is 3.80. The van der Waals surface area contributed by atoms with Crippen molar-refractivity contribution in [2.24, 2.45) is 0 Å². The fourth-order valence-electron chi connectivity index (χ4n) is 1.62. The summed E-state index contributed by atoms with van der Waals surface area (Å²) in [7, 11) is 1.85. The predicted molar refractivity (Wildman–Crippen MR) is 58.5 cm³/mol. The first-order valence-corrected chi connectivity index (χ1v) is 5.43. The van der Waals surface area contributed by atoms with Crippen LogP contribution in [0.5, 0.6) is 0 Å². The summed E-state index contributed by atoms with van der Waals surface area (Å²) in [4.78, 5) is 0. The highest BCUT2D eigenvalue weighted by molar-refractivity contribution is 5.14. The van der Waals surface area contributed by atoms with Crippen molar-refractivity contribution in [3.05, 3.63) is 24.0 Å². The highest BCUT2D eigenvalue weighted by Gasteiger charge is 2.27. The number of ether oxygens (including phenoxy) is 1. The Labute approximate surface area is 98.6 Å². The van der Waals surface area contributed by atoms with Gasteiger partial charge < -0.3 is 14.6 Å². The molecule has 3 nitrogen and oxygen atoms in total. The van der Waals surface area contributed by atoms with Crippen molar-refractivity contribution in [1.82, 2.24) is 9.88 Å². The Hall–Kier alpha value is -1.01. The number of nitrogens with one attached hydrogen (secondary N) is 1. The van der Waals surface area contributed by atoms with Gasteiger partial charge in [0.05, 0.1) is 0 Å². The average Bonchev–Trinajstić information content (AvgIpc) is 2.67. The largest absolute Gasteiger partial charge is 0.411 e. The van der Waals surface area contributed by atoms with E-state index in [-0.39, 0.29) is 12.8 Å². The van der Waals surface area contributed by atoms with E-state index in [0.717, 1.165) is 12.0 Å². The first kappa shape index (κ1) is 14.1. The lowest BCUT2D eigenvalue weighted by atomic mass is 10.1. The molecule has 1 aromatic rings. The van der Waals surface area contributed by atoms with Gasteiger partial charge in [-0.1, -0.05) is 6.92 Å². The van der Waals surface area contributed by atoms with Gasteiger partial charge in [0.1, 0.15) is 13.3 Å². The lowest BCUT2D eigenvalue weighted by Gasteiger charge is -2.11. The van der Waals surface area contributed by atoms with Gasteiger partial charge in [-0.05, 0) is 25.1 Å². The third-order valence-electron chi connectivity index (χ3n) is 2.44. The Balaban J connectivity index is 2.46. The second-order valence-corrected chi connectivity index (χ2v) is 3.80. The fourth-order valence-corrected chi connectivity index (χ4v) is 1.62. The second kappa shape index (κ2) is 6.07. The summed E-state index contributed by atoms with van der Waals surface area (Å²) in [6.07, 6.45) is 0.156. The van der Waals surface area contributed by atoms with Crippen LogP contribution in [0.4, 0.5) is 13.2 Å². The van der Waals surface area contributed by atoms with Gasteiger partial charge in [0.25, 0.3) is 0 Å². The average molecular weight is 250 g/mol. The third kappa shape index (κ3) is 4.79. The molecular formula is C11H17F3N2O.